The topological polar surface area (TPSA) is 90.0 Å². The molecule has 25 heavy (non-hydrogen) atoms. The predicted molar refractivity (Wildman–Crippen MR) is 83.7 cm³/mol. The van der Waals surface area contributed by atoms with Crippen LogP contribution >= 0.6 is 0 Å². The van der Waals surface area contributed by atoms with E-state index in [9.17, 15) is 22.4 Å². The molecule has 134 valence electrons. The highest BCUT2D eigenvalue weighted by Gasteiger charge is 2.53. The van der Waals surface area contributed by atoms with Crippen LogP contribution in [0.25, 0.3) is 0 Å². The van der Waals surface area contributed by atoms with Crippen LogP contribution in [0, 0.1) is 5.82 Å². The first-order valence-electron chi connectivity index (χ1n) is 7.58. The van der Waals surface area contributed by atoms with E-state index >= 15 is 0 Å². The van der Waals surface area contributed by atoms with Crippen LogP contribution in [0.4, 0.5) is 4.39 Å². The molecule has 0 aliphatic carbocycles. The molecule has 0 amide bonds. The number of hydrogen-bond acceptors (Lipinski definition) is 6. The number of rotatable bonds is 3. The number of benzene rings is 1. The number of carbonyl (C=O) groups excluding carboxylic acids is 2. The van der Waals surface area contributed by atoms with Gasteiger partial charge in [0.25, 0.3) is 11.7 Å². The molecule has 1 atom stereocenters. The molecule has 2 aliphatic heterocycles. The lowest BCUT2D eigenvalue weighted by atomic mass is 9.91. The number of sulfonamides is 1. The number of ketones is 1. The van der Waals surface area contributed by atoms with Gasteiger partial charge in [-0.15, -0.1) is 0 Å². The summed E-state index contributed by atoms with van der Waals surface area (Å²) in [7, 11) is -3.65. The first-order valence-corrected chi connectivity index (χ1v) is 9.19. The molecule has 1 aromatic carbocycles. The molecule has 1 saturated heterocycles. The molecule has 3 rings (SSSR count). The van der Waals surface area contributed by atoms with Crippen molar-refractivity contribution < 1.29 is 31.9 Å². The zero-order valence-corrected chi connectivity index (χ0v) is 14.4. The van der Waals surface area contributed by atoms with E-state index in [1.165, 1.54) is 19.1 Å². The van der Waals surface area contributed by atoms with Crippen molar-refractivity contribution in [3.05, 3.63) is 47.3 Å². The second kappa shape index (κ2) is 5.83. The Bertz CT molecular complexity index is 876. The number of ether oxygens (including phenoxy) is 2. The minimum atomic E-state index is -3.65. The van der Waals surface area contributed by atoms with Gasteiger partial charge >= 0.3 is 5.97 Å². The third kappa shape index (κ3) is 2.88. The molecule has 0 saturated carbocycles. The van der Waals surface area contributed by atoms with E-state index < -0.39 is 39.0 Å². The number of esters is 1. The van der Waals surface area contributed by atoms with Crippen LogP contribution < -0.4 is 0 Å². The molecule has 1 unspecified atom stereocenters. The molecule has 1 aromatic rings. The third-order valence-corrected chi connectivity index (χ3v) is 5.93. The maximum Gasteiger partial charge on any atom is 0.308 e. The van der Waals surface area contributed by atoms with Crippen LogP contribution in [0.15, 0.2) is 35.9 Å². The predicted octanol–water partition coefficient (Wildman–Crippen LogP) is 1.41. The van der Waals surface area contributed by atoms with E-state index in [0.717, 1.165) is 23.4 Å². The van der Waals surface area contributed by atoms with E-state index in [-0.39, 0.29) is 18.2 Å². The highest BCUT2D eigenvalue weighted by molar-refractivity contribution is 7.89. The first-order chi connectivity index (χ1) is 11.6. The minimum Gasteiger partial charge on any atom is -0.456 e. The summed E-state index contributed by atoms with van der Waals surface area (Å²) in [6, 6.07) is 5.04. The normalized spacial score (nSPS) is 25.2. The zero-order chi connectivity index (χ0) is 18.4. The Labute approximate surface area is 144 Å². The van der Waals surface area contributed by atoms with Crippen LogP contribution in [0.3, 0.4) is 0 Å². The average Bonchev–Trinajstić information content (AvgIpc) is 2.99. The molecule has 0 spiro atoms. The lowest BCUT2D eigenvalue weighted by molar-refractivity contribution is -0.142. The van der Waals surface area contributed by atoms with Gasteiger partial charge in [0.2, 0.25) is 15.8 Å². The fraction of sp³-hybridized carbons (Fsp3) is 0.375. The average molecular weight is 369 g/mol. The molecule has 0 aromatic heterocycles. The standard InChI is InChI=1S/C16H16FNO6S/c1-10(19)23-13-14(20)16(2,11-4-6-12(17)7-5-11)24-15(13)18-8-3-9-25(18,21)22/h4-7H,3,8-9H2,1-2H3. The molecular weight excluding hydrogens is 353 g/mol. The van der Waals surface area contributed by atoms with Crippen molar-refractivity contribution in [2.24, 2.45) is 0 Å². The Hall–Kier alpha value is -2.42. The van der Waals surface area contributed by atoms with Crippen molar-refractivity contribution in [2.45, 2.75) is 25.9 Å². The van der Waals surface area contributed by atoms with Gasteiger partial charge in [-0.3, -0.25) is 9.59 Å². The van der Waals surface area contributed by atoms with Crippen LogP contribution in [-0.4, -0.2) is 36.8 Å². The molecular formula is C16H16FNO6S. The van der Waals surface area contributed by atoms with Gasteiger partial charge in [0.1, 0.15) is 5.82 Å². The van der Waals surface area contributed by atoms with Gasteiger partial charge in [0.15, 0.2) is 5.60 Å². The van der Waals surface area contributed by atoms with E-state index in [4.69, 9.17) is 9.47 Å². The quantitative estimate of drug-likeness (QED) is 0.749. The second-order valence-electron chi connectivity index (χ2n) is 5.94. The summed E-state index contributed by atoms with van der Waals surface area (Å²) < 4.78 is 49.2. The van der Waals surface area contributed by atoms with Crippen molar-refractivity contribution >= 4 is 21.8 Å². The summed E-state index contributed by atoms with van der Waals surface area (Å²) in [6.45, 7) is 2.64. The Morgan fingerprint density at radius 1 is 1.32 bits per heavy atom. The monoisotopic (exact) mass is 369 g/mol. The smallest absolute Gasteiger partial charge is 0.308 e. The fourth-order valence-corrected chi connectivity index (χ4v) is 4.32. The van der Waals surface area contributed by atoms with Crippen molar-refractivity contribution in [2.75, 3.05) is 12.3 Å². The van der Waals surface area contributed by atoms with Gasteiger partial charge in [-0.2, -0.15) is 0 Å². The Morgan fingerprint density at radius 2 is 1.96 bits per heavy atom. The summed E-state index contributed by atoms with van der Waals surface area (Å²) in [5.74, 6) is -2.81. The van der Waals surface area contributed by atoms with Crippen molar-refractivity contribution in [1.82, 2.24) is 4.31 Å². The van der Waals surface area contributed by atoms with Crippen LogP contribution in [0.1, 0.15) is 25.8 Å². The van der Waals surface area contributed by atoms with Gasteiger partial charge in [-0.25, -0.2) is 17.1 Å². The number of Topliss-reactive ketones (excluding diaryl/α,β-unsaturated/α-hetero) is 1. The molecule has 0 N–H and O–H groups in total. The molecule has 9 heteroatoms. The van der Waals surface area contributed by atoms with Gasteiger partial charge in [-0.05, 0) is 25.5 Å². The zero-order valence-electron chi connectivity index (χ0n) is 13.6. The van der Waals surface area contributed by atoms with Gasteiger partial charge in [0, 0.05) is 19.0 Å². The van der Waals surface area contributed by atoms with Crippen LogP contribution in [0.5, 0.6) is 0 Å². The minimum absolute atomic E-state index is 0.0886. The highest BCUT2D eigenvalue weighted by Crippen LogP contribution is 2.42. The number of nitrogens with zero attached hydrogens (tertiary/aromatic N) is 1. The van der Waals surface area contributed by atoms with Gasteiger partial charge in [-0.1, -0.05) is 12.1 Å². The molecule has 0 bridgehead atoms. The number of hydrogen-bond donors (Lipinski definition) is 0. The maximum atomic E-state index is 13.2. The summed E-state index contributed by atoms with van der Waals surface area (Å²) in [5.41, 5.74) is -1.30. The maximum absolute atomic E-state index is 13.2. The molecule has 1 fully saturated rings. The Morgan fingerprint density at radius 3 is 2.48 bits per heavy atom. The van der Waals surface area contributed by atoms with Crippen LogP contribution in [-0.2, 0) is 34.7 Å². The molecule has 2 heterocycles. The first kappa shape index (κ1) is 17.4. The van der Waals surface area contributed by atoms with Crippen molar-refractivity contribution in [1.29, 1.82) is 0 Å². The molecule has 2 aliphatic rings. The summed E-state index contributed by atoms with van der Waals surface area (Å²) >= 11 is 0. The third-order valence-electron chi connectivity index (χ3n) is 4.10. The van der Waals surface area contributed by atoms with Crippen molar-refractivity contribution in [3.8, 4) is 0 Å². The van der Waals surface area contributed by atoms with E-state index in [2.05, 4.69) is 0 Å². The molecule has 7 nitrogen and oxygen atoms in total. The van der Waals surface area contributed by atoms with E-state index in [1.54, 1.807) is 0 Å². The summed E-state index contributed by atoms with van der Waals surface area (Å²) in [5, 5.41) is 0. The number of carbonyl (C=O) groups is 2. The summed E-state index contributed by atoms with van der Waals surface area (Å²) in [4.78, 5) is 24.2. The van der Waals surface area contributed by atoms with E-state index in [0.29, 0.717) is 12.0 Å². The lowest BCUT2D eigenvalue weighted by Crippen LogP contribution is -2.33. The SMILES string of the molecule is CC(=O)OC1=C(N2CCCS2(=O)=O)OC(C)(c2ccc(F)cc2)C1=O. The lowest BCUT2D eigenvalue weighted by Gasteiger charge is -2.26. The Balaban J connectivity index is 2.07. The van der Waals surface area contributed by atoms with E-state index in [1.807, 2.05) is 0 Å². The largest absolute Gasteiger partial charge is 0.456 e. The van der Waals surface area contributed by atoms with Gasteiger partial charge in [0.05, 0.1) is 5.75 Å². The summed E-state index contributed by atoms with van der Waals surface area (Å²) in [6.07, 6.45) is 0.365. The second-order valence-corrected chi connectivity index (χ2v) is 7.95. The number of halogens is 1. The van der Waals surface area contributed by atoms with Crippen LogP contribution in [0.2, 0.25) is 0 Å². The van der Waals surface area contributed by atoms with Gasteiger partial charge < -0.3 is 9.47 Å². The highest BCUT2D eigenvalue weighted by atomic mass is 32.2. The molecule has 0 radical (unpaired) electrons. The fourth-order valence-electron chi connectivity index (χ4n) is 2.82. The Kier molecular flexibility index (Phi) is 4.06. The van der Waals surface area contributed by atoms with Crippen molar-refractivity contribution in [3.63, 3.8) is 0 Å².